The Kier molecular flexibility index (Phi) is 10.5. The van der Waals surface area contributed by atoms with E-state index < -0.39 is 0 Å². The fourth-order valence-electron chi connectivity index (χ4n) is 5.96. The van der Waals surface area contributed by atoms with E-state index in [1.54, 1.807) is 0 Å². The smallest absolute Gasteiger partial charge is 0.293 e. The van der Waals surface area contributed by atoms with Crippen molar-refractivity contribution < 1.29 is 9.53 Å². The first-order valence-corrected chi connectivity index (χ1v) is 18.2. The molecule has 258 valence electrons. The molecule has 1 N–H and O–H groups in total. The standard InChI is InChI=1S/C19H15BrN2.C18H14BrN3.C5H10O2/c1-11-5-14-7-15(8-17(14)21-10-11)19-12(2)6-13-3-4-16(20)9-18(13)22-19;1-10-5-16-15(20-9-10)8-17(21-16)18-11(2)6-12-3-4-13(19)7-14(12)22-18;1-5(2,3)7-4-6/h3-6,8-10H,7H2,1-2H3;3-9,21H,1-2H3;4H,1-3H3. The predicted molar refractivity (Wildman–Crippen MR) is 216 cm³/mol. The van der Waals surface area contributed by atoms with Crippen molar-refractivity contribution in [1.82, 2.24) is 24.9 Å². The number of benzene rings is 2. The van der Waals surface area contributed by atoms with Crippen molar-refractivity contribution in [2.75, 3.05) is 0 Å². The lowest BCUT2D eigenvalue weighted by molar-refractivity contribution is -0.138. The zero-order valence-electron chi connectivity index (χ0n) is 29.7. The summed E-state index contributed by atoms with van der Waals surface area (Å²) in [6.07, 6.45) is 6.90. The van der Waals surface area contributed by atoms with Gasteiger partial charge in [0.1, 0.15) is 5.60 Å². The fraction of sp³-hybridized carbons (Fsp3) is 0.214. The minimum atomic E-state index is -0.318. The molecule has 5 aromatic heterocycles. The fourth-order valence-corrected chi connectivity index (χ4v) is 6.66. The normalized spacial score (nSPS) is 12.1. The minimum absolute atomic E-state index is 0.318. The van der Waals surface area contributed by atoms with Crippen molar-refractivity contribution in [3.05, 3.63) is 127 Å². The Morgan fingerprint density at radius 2 is 1.31 bits per heavy atom. The molecule has 0 aliphatic heterocycles. The lowest BCUT2D eigenvalue weighted by atomic mass is 10.0. The zero-order chi connectivity index (χ0) is 36.4. The third-order valence-electron chi connectivity index (χ3n) is 8.34. The molecular weight excluding hydrogens is 766 g/mol. The summed E-state index contributed by atoms with van der Waals surface area (Å²) in [5, 5.41) is 2.32. The highest BCUT2D eigenvalue weighted by Crippen LogP contribution is 2.33. The monoisotopic (exact) mass is 803 g/mol. The molecule has 51 heavy (non-hydrogen) atoms. The van der Waals surface area contributed by atoms with Gasteiger partial charge in [0.25, 0.3) is 6.47 Å². The van der Waals surface area contributed by atoms with E-state index in [9.17, 15) is 4.79 Å². The van der Waals surface area contributed by atoms with E-state index >= 15 is 0 Å². The van der Waals surface area contributed by atoms with Crippen molar-refractivity contribution in [1.29, 1.82) is 0 Å². The topological polar surface area (TPSA) is 93.7 Å². The first-order chi connectivity index (χ1) is 24.3. The number of hydrogen-bond donors (Lipinski definition) is 1. The van der Waals surface area contributed by atoms with Crippen LogP contribution in [0.25, 0.3) is 55.9 Å². The van der Waals surface area contributed by atoms with E-state index in [0.29, 0.717) is 6.47 Å². The van der Waals surface area contributed by atoms with Crippen LogP contribution in [0.1, 0.15) is 60.0 Å². The number of nitrogens with one attached hydrogen (secondary N) is 1. The molecule has 0 radical (unpaired) electrons. The van der Waals surface area contributed by atoms with Gasteiger partial charge in [0.2, 0.25) is 0 Å². The quantitative estimate of drug-likeness (QED) is 0.179. The van der Waals surface area contributed by atoms with Crippen molar-refractivity contribution >= 4 is 82.8 Å². The lowest BCUT2D eigenvalue weighted by Crippen LogP contribution is -2.17. The van der Waals surface area contributed by atoms with Crippen LogP contribution < -0.4 is 0 Å². The first-order valence-electron chi connectivity index (χ1n) is 16.6. The molecule has 0 unspecified atom stereocenters. The second-order valence-corrected chi connectivity index (χ2v) is 15.7. The maximum Gasteiger partial charge on any atom is 0.293 e. The Morgan fingerprint density at radius 1 is 0.725 bits per heavy atom. The third kappa shape index (κ3) is 8.60. The number of aromatic amines is 1. The van der Waals surface area contributed by atoms with Gasteiger partial charge in [0.15, 0.2) is 0 Å². The van der Waals surface area contributed by atoms with Gasteiger partial charge in [0.05, 0.1) is 44.8 Å². The van der Waals surface area contributed by atoms with Gasteiger partial charge in [-0.1, -0.05) is 50.1 Å². The molecule has 0 atom stereocenters. The molecule has 0 saturated heterocycles. The van der Waals surface area contributed by atoms with Gasteiger partial charge in [-0.15, -0.1) is 0 Å². The molecule has 9 heteroatoms. The van der Waals surface area contributed by atoms with E-state index in [-0.39, 0.29) is 5.60 Å². The highest BCUT2D eigenvalue weighted by Gasteiger charge is 2.18. The molecule has 0 bridgehead atoms. The Bertz CT molecular complexity index is 2460. The van der Waals surface area contributed by atoms with Gasteiger partial charge in [0, 0.05) is 38.5 Å². The van der Waals surface area contributed by atoms with Crippen LogP contribution in [0.15, 0.2) is 88.1 Å². The van der Waals surface area contributed by atoms with E-state index in [1.165, 1.54) is 27.6 Å². The molecule has 5 heterocycles. The molecule has 0 amide bonds. The van der Waals surface area contributed by atoms with Crippen molar-refractivity contribution in [3.63, 3.8) is 0 Å². The Balaban J connectivity index is 0.000000149. The highest BCUT2D eigenvalue weighted by molar-refractivity contribution is 9.10. The van der Waals surface area contributed by atoms with Gasteiger partial charge in [-0.2, -0.15) is 0 Å². The zero-order valence-corrected chi connectivity index (χ0v) is 32.9. The van der Waals surface area contributed by atoms with Gasteiger partial charge in [-0.3, -0.25) is 14.8 Å². The number of fused-ring (bicyclic) bond motifs is 4. The van der Waals surface area contributed by atoms with Gasteiger partial charge >= 0.3 is 0 Å². The van der Waals surface area contributed by atoms with E-state index in [2.05, 4.69) is 133 Å². The van der Waals surface area contributed by atoms with Crippen LogP contribution >= 0.6 is 31.9 Å². The number of pyridine rings is 4. The number of H-pyrrole nitrogens is 1. The first kappa shape index (κ1) is 36.1. The maximum atomic E-state index is 9.60. The van der Waals surface area contributed by atoms with Crippen LogP contribution in [-0.4, -0.2) is 37.0 Å². The molecular formula is C42H39Br2N5O2. The minimum Gasteiger partial charge on any atom is -0.462 e. The van der Waals surface area contributed by atoms with Crippen LogP contribution in [-0.2, 0) is 16.0 Å². The Hall–Kier alpha value is -4.73. The van der Waals surface area contributed by atoms with Crippen LogP contribution in [0.3, 0.4) is 0 Å². The molecule has 2 aromatic carbocycles. The van der Waals surface area contributed by atoms with Gasteiger partial charge in [-0.05, 0) is 136 Å². The maximum absolute atomic E-state index is 9.60. The number of rotatable bonds is 3. The Labute approximate surface area is 314 Å². The largest absolute Gasteiger partial charge is 0.462 e. The summed E-state index contributed by atoms with van der Waals surface area (Å²) >= 11 is 7.04. The Morgan fingerprint density at radius 3 is 1.92 bits per heavy atom. The van der Waals surface area contributed by atoms with E-state index in [4.69, 9.17) is 9.97 Å². The van der Waals surface area contributed by atoms with Crippen LogP contribution in [0.2, 0.25) is 0 Å². The number of allylic oxidation sites excluding steroid dienone is 1. The average molecular weight is 806 g/mol. The summed E-state index contributed by atoms with van der Waals surface area (Å²) in [4.78, 5) is 31.8. The highest BCUT2D eigenvalue weighted by atomic mass is 79.9. The summed E-state index contributed by atoms with van der Waals surface area (Å²) in [6, 6.07) is 23.2. The van der Waals surface area contributed by atoms with Crippen LogP contribution in [0.5, 0.6) is 0 Å². The summed E-state index contributed by atoms with van der Waals surface area (Å²) in [6.45, 7) is 14.3. The van der Waals surface area contributed by atoms with Crippen molar-refractivity contribution in [3.8, 4) is 11.4 Å². The summed E-state index contributed by atoms with van der Waals surface area (Å²) in [7, 11) is 0. The SMILES string of the molecule is CC(C)(C)OC=O.Cc1cnc2c(c1)CC(c1nc3cc(Br)ccc3cc1C)=C2.Cc1cnc2cc(-c3nc4cc(Br)ccc4cc3C)[nH]c2c1. The molecule has 1 aliphatic carbocycles. The molecule has 0 spiro atoms. The number of carbonyl (C=O) groups excluding carboxylic acids is 1. The second kappa shape index (κ2) is 14.9. The number of ether oxygens (including phenoxy) is 1. The number of nitrogens with zero attached hydrogens (tertiary/aromatic N) is 4. The predicted octanol–water partition coefficient (Wildman–Crippen LogP) is 11.2. The number of halogens is 2. The molecule has 0 saturated carbocycles. The van der Waals surface area contributed by atoms with Crippen LogP contribution in [0, 0.1) is 27.7 Å². The summed E-state index contributed by atoms with van der Waals surface area (Å²) in [5.74, 6) is 0. The molecule has 7 aromatic rings. The summed E-state index contributed by atoms with van der Waals surface area (Å²) in [5.41, 5.74) is 15.1. The van der Waals surface area contributed by atoms with E-state index in [0.717, 1.165) is 76.7 Å². The average Bonchev–Trinajstić information content (AvgIpc) is 3.68. The van der Waals surface area contributed by atoms with Crippen LogP contribution in [0.4, 0.5) is 0 Å². The van der Waals surface area contributed by atoms with E-state index in [1.807, 2.05) is 52.2 Å². The second-order valence-electron chi connectivity index (χ2n) is 13.8. The molecule has 7 nitrogen and oxygen atoms in total. The number of aryl methyl sites for hydroxylation is 4. The van der Waals surface area contributed by atoms with Crippen molar-refractivity contribution in [2.45, 2.75) is 60.5 Å². The molecule has 8 rings (SSSR count). The molecule has 1 aliphatic rings. The third-order valence-corrected chi connectivity index (χ3v) is 9.32. The van der Waals surface area contributed by atoms with Crippen molar-refractivity contribution in [2.24, 2.45) is 0 Å². The number of hydrogen-bond acceptors (Lipinski definition) is 6. The number of aromatic nitrogens is 5. The lowest BCUT2D eigenvalue weighted by Gasteiger charge is -2.14. The number of carbonyl (C=O) groups is 1. The molecule has 0 fully saturated rings. The van der Waals surface area contributed by atoms with Gasteiger partial charge < -0.3 is 9.72 Å². The summed E-state index contributed by atoms with van der Waals surface area (Å²) < 4.78 is 6.65. The van der Waals surface area contributed by atoms with Gasteiger partial charge in [-0.25, -0.2) is 9.97 Å².